The Kier molecular flexibility index (Phi) is 9.53. The van der Waals surface area contributed by atoms with Crippen LogP contribution in [0.1, 0.15) is 43.8 Å². The minimum absolute atomic E-state index is 0.209. The maximum absolute atomic E-state index is 13.1. The Morgan fingerprint density at radius 3 is 2.49 bits per heavy atom. The van der Waals surface area contributed by atoms with Crippen molar-refractivity contribution in [3.05, 3.63) is 63.8 Å². The third kappa shape index (κ3) is 6.57. The summed E-state index contributed by atoms with van der Waals surface area (Å²) in [5.41, 5.74) is 2.87. The van der Waals surface area contributed by atoms with Gasteiger partial charge in [0.1, 0.15) is 11.6 Å². The lowest BCUT2D eigenvalue weighted by Crippen LogP contribution is -2.16. The summed E-state index contributed by atoms with van der Waals surface area (Å²) in [7, 11) is 5.34. The molecule has 0 unspecified atom stereocenters. The number of rotatable bonds is 13. The molecule has 39 heavy (non-hydrogen) atoms. The Balaban J connectivity index is 1.60. The number of aromatic nitrogens is 4. The Bertz CT molecular complexity index is 1480. The van der Waals surface area contributed by atoms with Crippen molar-refractivity contribution in [1.82, 2.24) is 23.9 Å². The summed E-state index contributed by atoms with van der Waals surface area (Å²) in [6.07, 6.45) is 3.37. The van der Waals surface area contributed by atoms with Crippen LogP contribution in [0.25, 0.3) is 16.9 Å². The highest BCUT2D eigenvalue weighted by molar-refractivity contribution is 7.97. The van der Waals surface area contributed by atoms with E-state index in [1.807, 2.05) is 37.3 Å². The highest BCUT2D eigenvalue weighted by atomic mass is 32.2. The van der Waals surface area contributed by atoms with Gasteiger partial charge in [0.15, 0.2) is 22.8 Å². The molecular weight excluding hydrogens is 514 g/mol. The Hall–Kier alpha value is -3.50. The van der Waals surface area contributed by atoms with Crippen LogP contribution in [0.15, 0.2) is 46.1 Å². The quantitative estimate of drug-likeness (QED) is 0.223. The molecule has 0 spiro atoms. The molecule has 208 valence electrons. The molecule has 0 amide bonds. The van der Waals surface area contributed by atoms with Gasteiger partial charge >= 0.3 is 0 Å². The summed E-state index contributed by atoms with van der Waals surface area (Å²) in [6.45, 7) is 7.38. The highest BCUT2D eigenvalue weighted by Crippen LogP contribution is 2.34. The van der Waals surface area contributed by atoms with Gasteiger partial charge in [-0.25, -0.2) is 13.8 Å². The molecule has 1 N–H and O–H groups in total. The first kappa shape index (κ1) is 28.5. The summed E-state index contributed by atoms with van der Waals surface area (Å²) in [6, 6.07) is 12.0. The van der Waals surface area contributed by atoms with E-state index in [-0.39, 0.29) is 5.56 Å². The zero-order valence-corrected chi connectivity index (χ0v) is 24.4. The second-order valence-corrected chi connectivity index (χ2v) is 10.6. The van der Waals surface area contributed by atoms with Crippen LogP contribution in [0.4, 0.5) is 0 Å². The zero-order chi connectivity index (χ0) is 27.9. The predicted molar refractivity (Wildman–Crippen MR) is 155 cm³/mol. The average Bonchev–Trinajstić information content (AvgIpc) is 3.26. The van der Waals surface area contributed by atoms with Crippen LogP contribution in [0, 0.1) is 6.92 Å². The van der Waals surface area contributed by atoms with Crippen molar-refractivity contribution in [3.8, 4) is 28.6 Å². The van der Waals surface area contributed by atoms with E-state index in [2.05, 4.69) is 41.2 Å². The zero-order valence-electron chi connectivity index (χ0n) is 23.5. The van der Waals surface area contributed by atoms with E-state index in [0.717, 1.165) is 65.6 Å². The topological polar surface area (TPSA) is 94.0 Å². The van der Waals surface area contributed by atoms with E-state index in [1.165, 1.54) is 0 Å². The van der Waals surface area contributed by atoms with Crippen molar-refractivity contribution in [3.63, 3.8) is 0 Å². The third-order valence-corrected chi connectivity index (χ3v) is 7.27. The molecule has 4 rings (SSSR count). The van der Waals surface area contributed by atoms with E-state index < -0.39 is 0 Å². The average molecular weight is 552 g/mol. The molecular formula is C29H37N5O4S. The first-order valence-electron chi connectivity index (χ1n) is 13.2. The van der Waals surface area contributed by atoms with E-state index in [9.17, 15) is 4.79 Å². The lowest BCUT2D eigenvalue weighted by molar-refractivity contribution is 0.318. The van der Waals surface area contributed by atoms with Crippen LogP contribution >= 0.6 is 11.9 Å². The van der Waals surface area contributed by atoms with E-state index in [1.54, 1.807) is 30.7 Å². The standard InChI is InChI=1S/C29H37N5O4S/c1-7-9-26-30-19(3)27-29(35)31-28(32-34(26)27)22-18-21(11-13-23(22)38-16-8-2)39-33(4)15-14-20-10-12-24(36-5)25(17-20)37-6/h10-13,17-18H,7-9,14-16H2,1-6H3,(H,31,32,35). The monoisotopic (exact) mass is 551 g/mol. The SMILES string of the molecule is CCCOc1ccc(SN(C)CCc2ccc(OC)c(OC)c2)cc1-c1nn2c(CCC)nc(C)c2c(=O)[nH]1. The number of aryl methyl sites for hydroxylation is 2. The number of hydrogen-bond donors (Lipinski definition) is 1. The van der Waals surface area contributed by atoms with Gasteiger partial charge < -0.3 is 19.2 Å². The molecule has 0 saturated carbocycles. The summed E-state index contributed by atoms with van der Waals surface area (Å²) in [5, 5.41) is 4.81. The van der Waals surface area contributed by atoms with Gasteiger partial charge in [0.25, 0.3) is 5.56 Å². The van der Waals surface area contributed by atoms with E-state index in [4.69, 9.17) is 19.3 Å². The molecule has 2 aromatic heterocycles. The number of hydrogen-bond acceptors (Lipinski definition) is 8. The van der Waals surface area contributed by atoms with Crippen molar-refractivity contribution in [2.75, 3.05) is 34.4 Å². The maximum atomic E-state index is 13.1. The summed E-state index contributed by atoms with van der Waals surface area (Å²) in [5.74, 6) is 3.38. The first-order chi connectivity index (χ1) is 18.9. The number of nitrogens with one attached hydrogen (secondary N) is 1. The smallest absolute Gasteiger partial charge is 0.277 e. The fourth-order valence-corrected chi connectivity index (χ4v) is 5.22. The molecule has 0 saturated heterocycles. The molecule has 2 heterocycles. The van der Waals surface area contributed by atoms with Gasteiger partial charge in [-0.3, -0.25) is 4.79 Å². The van der Waals surface area contributed by atoms with Crippen LogP contribution in [0.2, 0.25) is 0 Å². The van der Waals surface area contributed by atoms with Crippen molar-refractivity contribution in [2.45, 2.75) is 51.3 Å². The number of ether oxygens (including phenoxy) is 3. The minimum atomic E-state index is -0.209. The van der Waals surface area contributed by atoms with Crippen LogP contribution in [-0.2, 0) is 12.8 Å². The number of aromatic amines is 1. The predicted octanol–water partition coefficient (Wildman–Crippen LogP) is 5.33. The summed E-state index contributed by atoms with van der Waals surface area (Å²) in [4.78, 5) is 21.7. The lowest BCUT2D eigenvalue weighted by atomic mass is 10.1. The largest absolute Gasteiger partial charge is 0.493 e. The first-order valence-corrected chi connectivity index (χ1v) is 14.0. The molecule has 0 atom stereocenters. The molecule has 0 aliphatic heterocycles. The molecule has 0 fully saturated rings. The van der Waals surface area contributed by atoms with E-state index >= 15 is 0 Å². The second-order valence-electron chi connectivity index (χ2n) is 9.32. The van der Waals surface area contributed by atoms with Crippen LogP contribution < -0.4 is 19.8 Å². The maximum Gasteiger partial charge on any atom is 0.277 e. The van der Waals surface area contributed by atoms with Crippen molar-refractivity contribution in [1.29, 1.82) is 0 Å². The number of likely N-dealkylation sites (N-methyl/N-ethyl adjacent to an activating group) is 1. The summed E-state index contributed by atoms with van der Waals surface area (Å²) >= 11 is 1.63. The number of imidazole rings is 1. The fourth-order valence-electron chi connectivity index (χ4n) is 4.38. The Morgan fingerprint density at radius 2 is 1.77 bits per heavy atom. The molecule has 0 radical (unpaired) electrons. The van der Waals surface area contributed by atoms with Gasteiger partial charge in [0.05, 0.1) is 32.1 Å². The van der Waals surface area contributed by atoms with Crippen LogP contribution in [0.3, 0.4) is 0 Å². The van der Waals surface area contributed by atoms with E-state index in [0.29, 0.717) is 29.4 Å². The van der Waals surface area contributed by atoms with Crippen molar-refractivity contribution in [2.24, 2.45) is 0 Å². The second kappa shape index (κ2) is 13.0. The Morgan fingerprint density at radius 1 is 1.00 bits per heavy atom. The molecule has 0 aliphatic carbocycles. The number of fused-ring (bicyclic) bond motifs is 1. The van der Waals surface area contributed by atoms with Gasteiger partial charge in [-0.15, -0.1) is 5.10 Å². The number of nitrogens with zero attached hydrogens (tertiary/aromatic N) is 4. The molecule has 0 bridgehead atoms. The molecule has 2 aromatic carbocycles. The van der Waals surface area contributed by atoms with Gasteiger partial charge in [0, 0.05) is 17.9 Å². The van der Waals surface area contributed by atoms with Crippen LogP contribution in [0.5, 0.6) is 17.2 Å². The van der Waals surface area contributed by atoms with Gasteiger partial charge in [-0.1, -0.05) is 19.9 Å². The third-order valence-electron chi connectivity index (χ3n) is 6.31. The highest BCUT2D eigenvalue weighted by Gasteiger charge is 2.18. The normalized spacial score (nSPS) is 11.4. The molecule has 4 aromatic rings. The minimum Gasteiger partial charge on any atom is -0.493 e. The van der Waals surface area contributed by atoms with Gasteiger partial charge in [-0.05, 0) is 81.1 Å². The van der Waals surface area contributed by atoms with Crippen LogP contribution in [-0.4, -0.2) is 58.3 Å². The molecule has 10 heteroatoms. The molecule has 0 aliphatic rings. The van der Waals surface area contributed by atoms with Gasteiger partial charge in [0.2, 0.25) is 0 Å². The fraction of sp³-hybridized carbons (Fsp3) is 0.414. The number of benzene rings is 2. The molecule has 9 nitrogen and oxygen atoms in total. The lowest BCUT2D eigenvalue weighted by Gasteiger charge is -2.18. The number of H-pyrrole nitrogens is 1. The Labute approximate surface area is 233 Å². The number of methoxy groups -OCH3 is 2. The summed E-state index contributed by atoms with van der Waals surface area (Å²) < 4.78 is 20.7. The van der Waals surface area contributed by atoms with Gasteiger partial charge in [-0.2, -0.15) is 0 Å². The van der Waals surface area contributed by atoms with Crippen molar-refractivity contribution < 1.29 is 14.2 Å². The van der Waals surface area contributed by atoms with Crippen molar-refractivity contribution >= 4 is 17.5 Å².